The summed E-state index contributed by atoms with van der Waals surface area (Å²) in [6.07, 6.45) is 1.73. The maximum atomic E-state index is 12.9. The molecule has 0 aliphatic carbocycles. The van der Waals surface area contributed by atoms with Gasteiger partial charge in [-0.2, -0.15) is 0 Å². The first-order valence-electron chi connectivity index (χ1n) is 8.99. The number of carbonyl (C=O) groups is 1. The normalized spacial score (nSPS) is 17.2. The summed E-state index contributed by atoms with van der Waals surface area (Å²) < 4.78 is 1.83. The minimum atomic E-state index is -0.177. The highest BCUT2D eigenvalue weighted by Gasteiger charge is 2.29. The Labute approximate surface area is 172 Å². The second-order valence-corrected chi connectivity index (χ2v) is 7.70. The molecule has 0 radical (unpaired) electrons. The monoisotopic (exact) mass is 418 g/mol. The predicted octanol–water partition coefficient (Wildman–Crippen LogP) is 4.02. The van der Waals surface area contributed by atoms with Crippen molar-refractivity contribution in [2.24, 2.45) is 7.05 Å². The number of rotatable bonds is 2. The Kier molecular flexibility index (Phi) is 5.03. The second-order valence-electron chi connectivity index (χ2n) is 6.85. The summed E-state index contributed by atoms with van der Waals surface area (Å²) >= 11 is 12.3. The molecule has 2 amide bonds. The molecule has 1 atom stereocenters. The number of imidazole rings is 1. The van der Waals surface area contributed by atoms with Gasteiger partial charge in [-0.1, -0.05) is 23.2 Å². The highest BCUT2D eigenvalue weighted by atomic mass is 35.5. The molecule has 7 nitrogen and oxygen atoms in total. The fourth-order valence-corrected chi connectivity index (χ4v) is 3.91. The van der Waals surface area contributed by atoms with Crippen LogP contribution >= 0.6 is 23.2 Å². The number of piperazine rings is 1. The van der Waals surface area contributed by atoms with E-state index in [1.165, 1.54) is 0 Å². The van der Waals surface area contributed by atoms with Gasteiger partial charge < -0.3 is 14.4 Å². The zero-order valence-electron chi connectivity index (χ0n) is 15.6. The minimum absolute atomic E-state index is 0.00375. The molecule has 0 spiro atoms. The molecule has 28 heavy (non-hydrogen) atoms. The number of halogens is 2. The van der Waals surface area contributed by atoms with Crippen LogP contribution in [0.3, 0.4) is 0 Å². The standard InChI is InChI=1S/C19H20Cl2N6O/c1-12-11-26(17-14(21)4-3-7-22-17)8-9-27(12)19(28)24-18-23-15-6-5-13(20)10-16(15)25(18)2/h3-7,10,12H,8-9,11H2,1-2H3,(H,23,24,28)/t12-/m1/s1. The van der Waals surface area contributed by atoms with E-state index in [9.17, 15) is 4.79 Å². The molecule has 1 N–H and O–H groups in total. The average Bonchev–Trinajstić information content (AvgIpc) is 2.97. The molecule has 0 bridgehead atoms. The van der Waals surface area contributed by atoms with Gasteiger partial charge in [-0.3, -0.25) is 5.32 Å². The van der Waals surface area contributed by atoms with Crippen LogP contribution in [0.25, 0.3) is 11.0 Å². The zero-order valence-corrected chi connectivity index (χ0v) is 17.1. The molecule has 3 heterocycles. The molecule has 1 fully saturated rings. The van der Waals surface area contributed by atoms with Gasteiger partial charge >= 0.3 is 6.03 Å². The van der Waals surface area contributed by atoms with Crippen LogP contribution in [0, 0.1) is 0 Å². The number of aromatic nitrogens is 3. The van der Waals surface area contributed by atoms with Gasteiger partial charge in [-0.15, -0.1) is 0 Å². The number of nitrogens with one attached hydrogen (secondary N) is 1. The van der Waals surface area contributed by atoms with Crippen molar-refractivity contribution in [1.82, 2.24) is 19.4 Å². The summed E-state index contributed by atoms with van der Waals surface area (Å²) in [4.78, 5) is 25.6. The quantitative estimate of drug-likeness (QED) is 0.682. The Hall–Kier alpha value is -2.51. The number of benzene rings is 1. The number of carbonyl (C=O) groups excluding carboxylic acids is 1. The van der Waals surface area contributed by atoms with Crippen LogP contribution in [0.5, 0.6) is 0 Å². The second kappa shape index (κ2) is 7.48. The van der Waals surface area contributed by atoms with Crippen LogP contribution in [-0.4, -0.2) is 51.1 Å². The lowest BCUT2D eigenvalue weighted by Crippen LogP contribution is -2.55. The van der Waals surface area contributed by atoms with Gasteiger partial charge in [-0.25, -0.2) is 14.8 Å². The molecule has 146 valence electrons. The fraction of sp³-hybridized carbons (Fsp3) is 0.316. The third-order valence-electron chi connectivity index (χ3n) is 4.99. The van der Waals surface area contributed by atoms with Gasteiger partial charge in [0.1, 0.15) is 5.82 Å². The first-order valence-corrected chi connectivity index (χ1v) is 9.74. The zero-order chi connectivity index (χ0) is 19.8. The van der Waals surface area contributed by atoms with E-state index in [2.05, 4.69) is 20.2 Å². The predicted molar refractivity (Wildman–Crippen MR) is 112 cm³/mol. The van der Waals surface area contributed by atoms with Crippen LogP contribution in [-0.2, 0) is 7.05 Å². The maximum Gasteiger partial charge on any atom is 0.324 e. The van der Waals surface area contributed by atoms with E-state index in [1.54, 1.807) is 17.2 Å². The third kappa shape index (κ3) is 3.47. The molecule has 4 rings (SSSR count). The number of hydrogen-bond donors (Lipinski definition) is 1. The summed E-state index contributed by atoms with van der Waals surface area (Å²) in [7, 11) is 1.85. The van der Waals surface area contributed by atoms with E-state index in [0.717, 1.165) is 16.9 Å². The number of aryl methyl sites for hydroxylation is 1. The molecule has 1 aliphatic rings. The smallest absolute Gasteiger partial charge is 0.324 e. The van der Waals surface area contributed by atoms with Crippen molar-refractivity contribution in [2.45, 2.75) is 13.0 Å². The number of anilines is 2. The third-order valence-corrected chi connectivity index (χ3v) is 5.52. The number of hydrogen-bond acceptors (Lipinski definition) is 4. The number of fused-ring (bicyclic) bond motifs is 1. The Balaban J connectivity index is 1.48. The summed E-state index contributed by atoms with van der Waals surface area (Å²) in [6.45, 7) is 3.89. The van der Waals surface area contributed by atoms with Gasteiger partial charge in [0, 0.05) is 43.9 Å². The molecule has 1 aliphatic heterocycles. The van der Waals surface area contributed by atoms with Gasteiger partial charge in [-0.05, 0) is 37.3 Å². The van der Waals surface area contributed by atoms with Crippen molar-refractivity contribution in [3.63, 3.8) is 0 Å². The molecule has 1 saturated heterocycles. The van der Waals surface area contributed by atoms with E-state index in [-0.39, 0.29) is 12.1 Å². The molecule has 1 aromatic carbocycles. The number of nitrogens with zero attached hydrogens (tertiary/aromatic N) is 5. The van der Waals surface area contributed by atoms with Gasteiger partial charge in [0.05, 0.1) is 16.1 Å². The lowest BCUT2D eigenvalue weighted by molar-refractivity contribution is 0.184. The van der Waals surface area contributed by atoms with Crippen molar-refractivity contribution in [3.05, 3.63) is 46.6 Å². The van der Waals surface area contributed by atoms with Crippen LogP contribution < -0.4 is 10.2 Å². The molecule has 3 aromatic rings. The van der Waals surface area contributed by atoms with Crippen molar-refractivity contribution in [1.29, 1.82) is 0 Å². The minimum Gasteiger partial charge on any atom is -0.352 e. The van der Waals surface area contributed by atoms with E-state index < -0.39 is 0 Å². The van der Waals surface area contributed by atoms with E-state index >= 15 is 0 Å². The van der Waals surface area contributed by atoms with Crippen molar-refractivity contribution < 1.29 is 4.79 Å². The van der Waals surface area contributed by atoms with Crippen LogP contribution in [0.4, 0.5) is 16.6 Å². The summed E-state index contributed by atoms with van der Waals surface area (Å²) in [6, 6.07) is 8.91. The molecule has 2 aromatic heterocycles. The Morgan fingerprint density at radius 2 is 2.07 bits per heavy atom. The highest BCUT2D eigenvalue weighted by molar-refractivity contribution is 6.33. The van der Waals surface area contributed by atoms with E-state index in [4.69, 9.17) is 23.2 Å². The SMILES string of the molecule is C[C@@H]1CN(c2ncccc2Cl)CCN1C(=O)Nc1nc2ccc(Cl)cc2n1C. The summed E-state index contributed by atoms with van der Waals surface area (Å²) in [5.74, 6) is 1.24. The van der Waals surface area contributed by atoms with Gasteiger partial charge in [0.2, 0.25) is 5.95 Å². The first-order chi connectivity index (χ1) is 13.4. The first kappa shape index (κ1) is 18.8. The highest BCUT2D eigenvalue weighted by Crippen LogP contribution is 2.26. The summed E-state index contributed by atoms with van der Waals surface area (Å²) in [5, 5.41) is 4.17. The Morgan fingerprint density at radius 3 is 2.82 bits per heavy atom. The maximum absolute atomic E-state index is 12.9. The molecule has 0 unspecified atom stereocenters. The van der Waals surface area contributed by atoms with E-state index in [0.29, 0.717) is 35.6 Å². The topological polar surface area (TPSA) is 66.3 Å². The van der Waals surface area contributed by atoms with Crippen molar-refractivity contribution >= 4 is 52.0 Å². The van der Waals surface area contributed by atoms with Crippen LogP contribution in [0.1, 0.15) is 6.92 Å². The molecule has 0 saturated carbocycles. The van der Waals surface area contributed by atoms with Gasteiger partial charge in [0.15, 0.2) is 0 Å². The molecular formula is C19H20Cl2N6O. The Bertz CT molecular complexity index is 1040. The Morgan fingerprint density at radius 1 is 1.25 bits per heavy atom. The molecular weight excluding hydrogens is 399 g/mol. The fourth-order valence-electron chi connectivity index (χ4n) is 3.50. The lowest BCUT2D eigenvalue weighted by atomic mass is 10.2. The van der Waals surface area contributed by atoms with Crippen molar-refractivity contribution in [2.75, 3.05) is 29.9 Å². The number of urea groups is 1. The summed E-state index contributed by atoms with van der Waals surface area (Å²) in [5.41, 5.74) is 1.65. The van der Waals surface area contributed by atoms with Gasteiger partial charge in [0.25, 0.3) is 0 Å². The average molecular weight is 419 g/mol. The van der Waals surface area contributed by atoms with Crippen LogP contribution in [0.15, 0.2) is 36.5 Å². The lowest BCUT2D eigenvalue weighted by Gasteiger charge is -2.40. The van der Waals surface area contributed by atoms with E-state index in [1.807, 2.05) is 42.8 Å². The number of amides is 2. The van der Waals surface area contributed by atoms with Crippen LogP contribution in [0.2, 0.25) is 10.0 Å². The largest absolute Gasteiger partial charge is 0.352 e. The molecule has 9 heteroatoms. The number of pyridine rings is 1. The van der Waals surface area contributed by atoms with Crippen molar-refractivity contribution in [3.8, 4) is 0 Å².